The van der Waals surface area contributed by atoms with Gasteiger partial charge in [0.15, 0.2) is 0 Å². The quantitative estimate of drug-likeness (QED) is 0.0349. The van der Waals surface area contributed by atoms with E-state index >= 15 is 0 Å². The predicted molar refractivity (Wildman–Crippen MR) is 521 cm³/mol. The van der Waals surface area contributed by atoms with Crippen molar-refractivity contribution in [3.05, 3.63) is 217 Å². The van der Waals surface area contributed by atoms with Crippen LogP contribution in [0.25, 0.3) is 89.0 Å². The van der Waals surface area contributed by atoms with Crippen molar-refractivity contribution in [2.45, 2.75) is 310 Å². The van der Waals surface area contributed by atoms with Gasteiger partial charge in [-0.05, 0) is 164 Å². The van der Waals surface area contributed by atoms with Crippen LogP contribution < -0.4 is 9.47 Å². The van der Waals surface area contributed by atoms with E-state index in [1.165, 1.54) is 318 Å². The van der Waals surface area contributed by atoms with Gasteiger partial charge in [0.25, 0.3) is 0 Å². The largest absolute Gasteiger partial charge is 0.491 e. The highest BCUT2D eigenvalue weighted by atomic mass is 16.6. The van der Waals surface area contributed by atoms with E-state index in [1.807, 2.05) is 13.8 Å². The second-order valence-electron chi connectivity index (χ2n) is 34.7. The predicted octanol–water partition coefficient (Wildman–Crippen LogP) is 32.6. The molecule has 0 aliphatic heterocycles. The highest BCUT2D eigenvalue weighted by molar-refractivity contribution is 6.06. The number of ether oxygens (including phenoxy) is 8. The van der Waals surface area contributed by atoms with Crippen LogP contribution in [0.15, 0.2) is 206 Å². The van der Waals surface area contributed by atoms with Crippen LogP contribution in [0.2, 0.25) is 0 Å². The van der Waals surface area contributed by atoms with Gasteiger partial charge in [-0.25, -0.2) is 0 Å². The minimum atomic E-state index is -0.0877. The number of hydrogen-bond acceptors (Lipinski definition) is 8. The fourth-order valence-corrected chi connectivity index (χ4v) is 17.2. The van der Waals surface area contributed by atoms with E-state index in [4.69, 9.17) is 37.9 Å². The number of aryl methyl sites for hydroxylation is 2. The van der Waals surface area contributed by atoms with Crippen molar-refractivity contribution >= 4 is 0 Å². The van der Waals surface area contributed by atoms with Crippen LogP contribution in [-0.4, -0.2) is 92.5 Å². The van der Waals surface area contributed by atoms with Crippen molar-refractivity contribution in [1.29, 1.82) is 0 Å². The fraction of sp³-hybridized carbons (Fsp3) is 0.526. The third kappa shape index (κ3) is 37.3. The van der Waals surface area contributed by atoms with E-state index in [0.717, 1.165) is 63.3 Å². The first kappa shape index (κ1) is 98.1. The Morgan fingerprint density at radius 3 is 0.836 bits per heavy atom. The van der Waals surface area contributed by atoms with E-state index in [-0.39, 0.29) is 12.2 Å². The molecule has 0 aliphatic carbocycles. The Hall–Kier alpha value is -7.66. The van der Waals surface area contributed by atoms with Crippen molar-refractivity contribution in [2.24, 2.45) is 0 Å². The van der Waals surface area contributed by atoms with Crippen molar-refractivity contribution in [3.8, 4) is 101 Å². The second kappa shape index (κ2) is 61.6. The smallest absolute Gasteiger partial charge is 0.119 e. The highest BCUT2D eigenvalue weighted by Gasteiger charge is 2.24. The first-order valence-corrected chi connectivity index (χ1v) is 48.9. The Morgan fingerprint density at radius 1 is 0.213 bits per heavy atom. The van der Waals surface area contributed by atoms with E-state index in [1.54, 1.807) is 14.2 Å². The maximum Gasteiger partial charge on any atom is 0.119 e. The molecule has 662 valence electrons. The van der Waals surface area contributed by atoms with Gasteiger partial charge >= 0.3 is 0 Å². The molecule has 0 saturated heterocycles. The molecule has 0 N–H and O–H groups in total. The molecule has 122 heavy (non-hydrogen) atoms. The zero-order valence-corrected chi connectivity index (χ0v) is 76.8. The van der Waals surface area contributed by atoms with Crippen molar-refractivity contribution < 1.29 is 37.9 Å². The molecule has 2 atom stereocenters. The van der Waals surface area contributed by atoms with E-state index < -0.39 is 0 Å². The van der Waals surface area contributed by atoms with Crippen LogP contribution in [0.4, 0.5) is 0 Å². The van der Waals surface area contributed by atoms with E-state index in [2.05, 4.69) is 220 Å². The Labute approximate surface area is 741 Å². The van der Waals surface area contributed by atoms with E-state index in [0.29, 0.717) is 66.1 Å². The summed E-state index contributed by atoms with van der Waals surface area (Å²) in [4.78, 5) is 0. The monoisotopic (exact) mass is 1660 g/mol. The van der Waals surface area contributed by atoms with Gasteiger partial charge in [0.05, 0.1) is 65.1 Å². The third-order valence-corrected chi connectivity index (χ3v) is 24.6. The second-order valence-corrected chi connectivity index (χ2v) is 34.7. The summed E-state index contributed by atoms with van der Waals surface area (Å²) in [7, 11) is 3.36. The molecular weight excluding hydrogens is 1500 g/mol. The first-order chi connectivity index (χ1) is 60.3. The standard InChI is InChI=1S/C114H158O8/c1-7-9-11-13-15-17-19-21-23-25-27-29-31-33-35-37-39-41-43-46-51-95-57-61-102(62-58-95)108-55-50-56-110(112(108)103-63-59-96(60-64-103)52-47-44-42-40-38-36-34-32-30-28-26-24-22-20-18-16-14-12-10-8-2)111-82-81-109(101-53-48-45-49-54-101)113(104-69-65-97(66-70-104)99-73-77-106(78-74-99)121-91-93(3)119-89-87-117-85-83-115-5)114(111)105-71-67-98(68-72-105)100-75-79-107(80-76-100)122-92-94(4)120-90-88-118-86-84-116-6/h45,48-50,53-82,93-94H,7-44,46-47,51-52,83-92H2,1-6H3/t93-,94-/m0/s1. The summed E-state index contributed by atoms with van der Waals surface area (Å²) in [5.74, 6) is 1.61. The summed E-state index contributed by atoms with van der Waals surface area (Å²) < 4.78 is 45.9. The maximum absolute atomic E-state index is 6.26. The van der Waals surface area contributed by atoms with Gasteiger partial charge in [-0.15, -0.1) is 0 Å². The molecule has 9 aromatic rings. The molecule has 0 fully saturated rings. The molecule has 9 rings (SSSR count). The number of unbranched alkanes of at least 4 members (excludes halogenated alkanes) is 38. The van der Waals surface area contributed by atoms with Gasteiger partial charge in [-0.1, -0.05) is 440 Å². The van der Waals surface area contributed by atoms with Gasteiger partial charge in [0.1, 0.15) is 24.7 Å². The van der Waals surface area contributed by atoms with Gasteiger partial charge in [0, 0.05) is 14.2 Å². The topological polar surface area (TPSA) is 73.8 Å². The van der Waals surface area contributed by atoms with Crippen molar-refractivity contribution in [2.75, 3.05) is 80.3 Å². The molecule has 0 bridgehead atoms. The lowest BCUT2D eigenvalue weighted by atomic mass is 9.79. The van der Waals surface area contributed by atoms with Crippen LogP contribution in [0, 0.1) is 0 Å². The SMILES string of the molecule is CCCCCCCCCCCCCCCCCCCCCCc1ccc(-c2cccc(-c3ccc(-c4ccccc4)c(-c4ccc(-c5ccc(OC[C@H](C)OCCOCCOC)cc5)cc4)c3-c3ccc(-c4ccc(OC[C@H](C)OCCOCCOC)cc4)cc3)c2-c2ccc(CCCCCCCCCCCCCCCCCCCCCC)cc2)cc1. The Morgan fingerprint density at radius 2 is 0.475 bits per heavy atom. The normalized spacial score (nSPS) is 12.0. The Balaban J connectivity index is 0.950. The zero-order valence-electron chi connectivity index (χ0n) is 76.8. The number of hydrogen-bond donors (Lipinski definition) is 0. The number of methoxy groups -OCH3 is 2. The van der Waals surface area contributed by atoms with Gasteiger partial charge in [-0.2, -0.15) is 0 Å². The van der Waals surface area contributed by atoms with Crippen LogP contribution in [0.5, 0.6) is 11.5 Å². The summed E-state index contributed by atoms with van der Waals surface area (Å²) in [6.45, 7) is 13.9. The Kier molecular flexibility index (Phi) is 49.6. The lowest BCUT2D eigenvalue weighted by molar-refractivity contribution is -0.0144. The summed E-state index contributed by atoms with van der Waals surface area (Å²) in [6.07, 6.45) is 57.9. The van der Waals surface area contributed by atoms with Crippen LogP contribution in [-0.2, 0) is 41.3 Å². The lowest BCUT2D eigenvalue weighted by Gasteiger charge is -2.24. The van der Waals surface area contributed by atoms with Crippen LogP contribution in [0.1, 0.15) is 296 Å². The highest BCUT2D eigenvalue weighted by Crippen LogP contribution is 2.50. The summed E-state index contributed by atoms with van der Waals surface area (Å²) in [6, 6.07) is 77.6. The minimum Gasteiger partial charge on any atom is -0.491 e. The average molecular weight is 1660 g/mol. The van der Waals surface area contributed by atoms with Gasteiger partial charge in [-0.3, -0.25) is 0 Å². The summed E-state index contributed by atoms with van der Waals surface area (Å²) in [5.41, 5.74) is 21.7. The van der Waals surface area contributed by atoms with Crippen molar-refractivity contribution in [3.63, 3.8) is 0 Å². The Bertz CT molecular complexity index is 4090. The minimum absolute atomic E-state index is 0.0852. The van der Waals surface area contributed by atoms with Crippen molar-refractivity contribution in [1.82, 2.24) is 0 Å². The molecule has 0 radical (unpaired) electrons. The molecule has 9 aromatic carbocycles. The van der Waals surface area contributed by atoms with Crippen LogP contribution >= 0.6 is 0 Å². The number of benzene rings is 9. The molecule has 0 spiro atoms. The zero-order chi connectivity index (χ0) is 85.2. The summed E-state index contributed by atoms with van der Waals surface area (Å²) >= 11 is 0. The summed E-state index contributed by atoms with van der Waals surface area (Å²) in [5, 5.41) is 0. The molecule has 8 heteroatoms. The molecule has 0 amide bonds. The average Bonchev–Trinajstić information content (AvgIpc) is 0.740. The maximum atomic E-state index is 6.26. The van der Waals surface area contributed by atoms with E-state index in [9.17, 15) is 0 Å². The van der Waals surface area contributed by atoms with Crippen LogP contribution in [0.3, 0.4) is 0 Å². The van der Waals surface area contributed by atoms with Gasteiger partial charge in [0.2, 0.25) is 0 Å². The molecule has 0 aliphatic rings. The van der Waals surface area contributed by atoms with Gasteiger partial charge < -0.3 is 37.9 Å². The third-order valence-electron chi connectivity index (χ3n) is 24.6. The molecule has 0 saturated carbocycles. The fourth-order valence-electron chi connectivity index (χ4n) is 17.2. The molecule has 0 heterocycles. The molecule has 0 unspecified atom stereocenters. The molecular formula is C114H158O8. The number of rotatable bonds is 70. The lowest BCUT2D eigenvalue weighted by Crippen LogP contribution is -2.20. The molecule has 8 nitrogen and oxygen atoms in total. The molecule has 0 aromatic heterocycles. The first-order valence-electron chi connectivity index (χ1n) is 48.9.